The van der Waals surface area contributed by atoms with E-state index in [4.69, 9.17) is 10.5 Å². The van der Waals surface area contributed by atoms with Gasteiger partial charge in [0.05, 0.1) is 4.92 Å². The fraction of sp³-hybridized carbons (Fsp3) is 0.316. The molecular weight excluding hydrogens is 403 g/mol. The monoisotopic (exact) mass is 424 g/mol. The number of nitrogens with two attached hydrogens (primary N) is 1. The lowest BCUT2D eigenvalue weighted by Crippen LogP contribution is -2.55. The number of carbonyl (C=O) groups is 1. The lowest BCUT2D eigenvalue weighted by molar-refractivity contribution is -0.384. The average molecular weight is 424 g/mol. The van der Waals surface area contributed by atoms with E-state index in [0.717, 1.165) is 12.1 Å². The Labute approximate surface area is 167 Å². The number of nitro benzene ring substituents is 1. The maximum Gasteiger partial charge on any atom is 0.406 e. The molecule has 0 radical (unpaired) electrons. The van der Waals surface area contributed by atoms with E-state index in [1.807, 2.05) is 0 Å². The number of non-ortho nitro benzene ring substituents is 1. The number of hydrogen-bond acceptors (Lipinski definition) is 6. The molecule has 8 nitrogen and oxygen atoms in total. The van der Waals surface area contributed by atoms with Crippen LogP contribution < -0.4 is 5.73 Å². The number of hydrogen-bond donors (Lipinski definition) is 1. The summed E-state index contributed by atoms with van der Waals surface area (Å²) in [7, 11) is -4.60. The van der Waals surface area contributed by atoms with Gasteiger partial charge in [0.15, 0.2) is 0 Å². The second-order valence-corrected chi connectivity index (χ2v) is 9.56. The fourth-order valence-electron chi connectivity index (χ4n) is 3.01. The molecule has 1 amide bonds. The van der Waals surface area contributed by atoms with Crippen LogP contribution in [0.15, 0.2) is 53.4 Å². The molecule has 2 aromatic rings. The van der Waals surface area contributed by atoms with E-state index in [0.29, 0.717) is 5.56 Å². The molecule has 0 aliphatic heterocycles. The van der Waals surface area contributed by atoms with Crippen molar-refractivity contribution in [3.63, 3.8) is 0 Å². The van der Waals surface area contributed by atoms with Crippen LogP contribution in [-0.2, 0) is 21.0 Å². The molecule has 0 aromatic heterocycles. The highest BCUT2D eigenvalue weighted by atomic mass is 32.2. The molecule has 0 aliphatic rings. The molecule has 0 fully saturated rings. The molecule has 0 heterocycles. The van der Waals surface area contributed by atoms with Gasteiger partial charge in [0.25, 0.3) is 5.69 Å². The quantitative estimate of drug-likeness (QED) is 0.557. The maximum absolute atomic E-state index is 14.4. The second-order valence-electron chi connectivity index (χ2n) is 7.46. The first-order valence-corrected chi connectivity index (χ1v) is 10.0. The average Bonchev–Trinajstić information content (AvgIpc) is 2.60. The van der Waals surface area contributed by atoms with E-state index in [1.165, 1.54) is 57.2 Å². The SMILES string of the molecule is CC(C)(C)C(Cc1ccc([N+](=O)[O-])cc1)(OC(N)=O)S(=O)(=O)c1ccccc1F. The van der Waals surface area contributed by atoms with Gasteiger partial charge in [-0.15, -0.1) is 0 Å². The van der Waals surface area contributed by atoms with Gasteiger partial charge in [-0.2, -0.15) is 0 Å². The summed E-state index contributed by atoms with van der Waals surface area (Å²) in [6, 6.07) is 9.82. The number of carbonyl (C=O) groups excluding carboxylic acids is 1. The van der Waals surface area contributed by atoms with Crippen molar-refractivity contribution in [1.29, 1.82) is 0 Å². The molecule has 2 N–H and O–H groups in total. The third-order valence-corrected chi connectivity index (χ3v) is 7.17. The van der Waals surface area contributed by atoms with Gasteiger partial charge in [-0.25, -0.2) is 17.6 Å². The molecule has 0 aliphatic carbocycles. The Morgan fingerprint density at radius 3 is 2.14 bits per heavy atom. The topological polar surface area (TPSA) is 130 Å². The first kappa shape index (κ1) is 22.3. The van der Waals surface area contributed by atoms with Gasteiger partial charge in [-0.3, -0.25) is 10.1 Å². The van der Waals surface area contributed by atoms with E-state index in [-0.39, 0.29) is 5.69 Å². The van der Waals surface area contributed by atoms with Gasteiger partial charge in [0, 0.05) is 24.0 Å². The van der Waals surface area contributed by atoms with Crippen molar-refractivity contribution in [3.05, 3.63) is 70.0 Å². The minimum absolute atomic E-state index is 0.192. The lowest BCUT2D eigenvalue weighted by Gasteiger charge is -2.42. The van der Waals surface area contributed by atoms with Gasteiger partial charge >= 0.3 is 6.09 Å². The highest BCUT2D eigenvalue weighted by molar-refractivity contribution is 7.92. The van der Waals surface area contributed by atoms with Crippen molar-refractivity contribution in [2.75, 3.05) is 0 Å². The fourth-order valence-corrected chi connectivity index (χ4v) is 5.31. The number of sulfone groups is 1. The molecule has 1 unspecified atom stereocenters. The van der Waals surface area contributed by atoms with Crippen LogP contribution in [0.5, 0.6) is 0 Å². The van der Waals surface area contributed by atoms with E-state index in [9.17, 15) is 27.7 Å². The minimum atomic E-state index is -4.60. The molecule has 156 valence electrons. The minimum Gasteiger partial charge on any atom is -0.425 e. The number of benzene rings is 2. The maximum atomic E-state index is 14.4. The van der Waals surface area contributed by atoms with E-state index in [1.54, 1.807) is 0 Å². The Morgan fingerprint density at radius 2 is 1.69 bits per heavy atom. The molecule has 2 aromatic carbocycles. The van der Waals surface area contributed by atoms with E-state index >= 15 is 0 Å². The van der Waals surface area contributed by atoms with Crippen LogP contribution in [0, 0.1) is 21.3 Å². The highest BCUT2D eigenvalue weighted by Crippen LogP contribution is 2.45. The second kappa shape index (κ2) is 7.78. The molecule has 0 bridgehead atoms. The molecule has 10 heteroatoms. The third-order valence-electron chi connectivity index (χ3n) is 4.55. The zero-order valence-electron chi connectivity index (χ0n) is 16.1. The third kappa shape index (κ3) is 4.21. The van der Waals surface area contributed by atoms with Crippen LogP contribution >= 0.6 is 0 Å². The van der Waals surface area contributed by atoms with Crippen LogP contribution in [0.4, 0.5) is 14.9 Å². The van der Waals surface area contributed by atoms with Crippen molar-refractivity contribution in [3.8, 4) is 0 Å². The number of rotatable bonds is 6. The van der Waals surface area contributed by atoms with Crippen molar-refractivity contribution in [1.82, 2.24) is 0 Å². The van der Waals surface area contributed by atoms with Gasteiger partial charge < -0.3 is 10.5 Å². The first-order chi connectivity index (χ1) is 13.3. The number of primary amides is 1. The van der Waals surface area contributed by atoms with Crippen LogP contribution in [0.3, 0.4) is 0 Å². The number of amides is 1. The normalized spacial score (nSPS) is 14.1. The largest absolute Gasteiger partial charge is 0.425 e. The Hall–Kier alpha value is -3.01. The van der Waals surface area contributed by atoms with Crippen LogP contribution in [-0.4, -0.2) is 24.4 Å². The number of nitro groups is 1. The van der Waals surface area contributed by atoms with Gasteiger partial charge in [0.1, 0.15) is 10.7 Å². The molecule has 1 atom stereocenters. The molecule has 0 spiro atoms. The highest BCUT2D eigenvalue weighted by Gasteiger charge is 2.57. The van der Waals surface area contributed by atoms with E-state index < -0.39 is 48.3 Å². The summed E-state index contributed by atoms with van der Waals surface area (Å²) in [5, 5.41) is 10.9. The summed E-state index contributed by atoms with van der Waals surface area (Å²) >= 11 is 0. The molecule has 29 heavy (non-hydrogen) atoms. The van der Waals surface area contributed by atoms with Gasteiger partial charge in [-0.1, -0.05) is 45.0 Å². The van der Waals surface area contributed by atoms with E-state index in [2.05, 4.69) is 0 Å². The van der Waals surface area contributed by atoms with Gasteiger partial charge in [0.2, 0.25) is 14.8 Å². The molecular formula is C19H21FN2O6S. The number of nitrogens with zero attached hydrogens (tertiary/aromatic N) is 1. The molecule has 0 saturated heterocycles. The first-order valence-electron chi connectivity index (χ1n) is 8.53. The van der Waals surface area contributed by atoms with Crippen molar-refractivity contribution < 1.29 is 27.3 Å². The summed E-state index contributed by atoms with van der Waals surface area (Å²) in [4.78, 5) is 19.1. The Balaban J connectivity index is 2.73. The molecule has 0 saturated carbocycles. The summed E-state index contributed by atoms with van der Waals surface area (Å²) in [5.74, 6) is -1.00. The summed E-state index contributed by atoms with van der Waals surface area (Å²) in [5.41, 5.74) is 4.09. The van der Waals surface area contributed by atoms with Crippen molar-refractivity contribution >= 4 is 21.6 Å². The van der Waals surface area contributed by atoms with Crippen molar-refractivity contribution in [2.24, 2.45) is 11.1 Å². The smallest absolute Gasteiger partial charge is 0.406 e. The van der Waals surface area contributed by atoms with Crippen LogP contribution in [0.25, 0.3) is 0 Å². The predicted octanol–water partition coefficient (Wildman–Crippen LogP) is 3.59. The zero-order chi connectivity index (χ0) is 22.0. The molecule has 2 rings (SSSR count). The predicted molar refractivity (Wildman–Crippen MR) is 103 cm³/mol. The summed E-state index contributed by atoms with van der Waals surface area (Å²) in [6.07, 6.45) is -1.74. The van der Waals surface area contributed by atoms with Crippen molar-refractivity contribution in [2.45, 2.75) is 37.0 Å². The Kier molecular flexibility index (Phi) is 5.98. The Morgan fingerprint density at radius 1 is 1.14 bits per heavy atom. The summed E-state index contributed by atoms with van der Waals surface area (Å²) in [6.45, 7) is 4.54. The van der Waals surface area contributed by atoms with Gasteiger partial charge in [-0.05, 0) is 17.7 Å². The standard InChI is InChI=1S/C19H21FN2O6S/c1-18(2,3)19(28-17(21)23,12-13-8-10-14(11-9-13)22(24)25)29(26,27)16-7-5-4-6-15(16)20/h4-11H,12H2,1-3H3,(H2,21,23). The number of halogens is 1. The summed E-state index contributed by atoms with van der Waals surface area (Å²) < 4.78 is 46.7. The van der Waals surface area contributed by atoms with Crippen LogP contribution in [0.1, 0.15) is 26.3 Å². The Bertz CT molecular complexity index is 1030. The van der Waals surface area contributed by atoms with Crippen LogP contribution in [0.2, 0.25) is 0 Å². The lowest BCUT2D eigenvalue weighted by atomic mass is 9.84. The zero-order valence-corrected chi connectivity index (χ0v) is 16.9. The number of ether oxygens (including phenoxy) is 1.